The van der Waals surface area contributed by atoms with Crippen LogP contribution in [0.4, 0.5) is 16.0 Å². The van der Waals surface area contributed by atoms with E-state index in [0.717, 1.165) is 22.6 Å². The summed E-state index contributed by atoms with van der Waals surface area (Å²) < 4.78 is 13.4. The summed E-state index contributed by atoms with van der Waals surface area (Å²) in [7, 11) is 3.75. The second-order valence-corrected chi connectivity index (χ2v) is 8.33. The Morgan fingerprint density at radius 2 is 1.75 bits per heavy atom. The third kappa shape index (κ3) is 7.18. The van der Waals surface area contributed by atoms with Crippen LogP contribution in [-0.4, -0.2) is 30.1 Å². The molecule has 3 aromatic rings. The molecule has 0 unspecified atom stereocenters. The molecule has 0 amide bonds. The van der Waals surface area contributed by atoms with Gasteiger partial charge in [0.25, 0.3) is 0 Å². The van der Waals surface area contributed by atoms with Gasteiger partial charge >= 0.3 is 0 Å². The van der Waals surface area contributed by atoms with Crippen LogP contribution in [0.3, 0.4) is 0 Å². The molecule has 1 aliphatic rings. The summed E-state index contributed by atoms with van der Waals surface area (Å²) in [6.45, 7) is 0.493. The number of halogens is 2. The maximum Gasteiger partial charge on any atom is 0.126 e. The Labute approximate surface area is 194 Å². The van der Waals surface area contributed by atoms with Gasteiger partial charge in [0.1, 0.15) is 17.5 Å². The van der Waals surface area contributed by atoms with Gasteiger partial charge < -0.3 is 16.0 Å². The van der Waals surface area contributed by atoms with Crippen molar-refractivity contribution in [3.05, 3.63) is 71.1 Å². The lowest BCUT2D eigenvalue weighted by molar-refractivity contribution is 0.462. The SMILES string of the molecule is CNC.Fc1cccc(CNc2cccc(-c3cc(NC4CCCCC4)ncc3Cl)n2)c1. The van der Waals surface area contributed by atoms with Gasteiger partial charge in [-0.3, -0.25) is 0 Å². The van der Waals surface area contributed by atoms with Crippen LogP contribution in [0.15, 0.2) is 54.7 Å². The van der Waals surface area contributed by atoms with Crippen molar-refractivity contribution in [1.82, 2.24) is 15.3 Å². The van der Waals surface area contributed by atoms with E-state index in [2.05, 4.69) is 25.9 Å². The molecule has 2 aromatic heterocycles. The number of aromatic nitrogens is 2. The number of benzene rings is 1. The number of anilines is 2. The smallest absolute Gasteiger partial charge is 0.126 e. The standard InChI is InChI=1S/C23H24ClFN4.C2H7N/c24-20-15-27-23(28-18-8-2-1-3-9-18)13-19(20)21-10-5-11-22(29-21)26-14-16-6-4-7-17(25)12-16;1-3-2/h4-7,10-13,15,18H,1-3,8-9,14H2,(H,26,29)(H,27,28);3H,1-2H3. The molecule has 1 aromatic carbocycles. The van der Waals surface area contributed by atoms with Crippen LogP contribution < -0.4 is 16.0 Å². The molecule has 1 aliphatic carbocycles. The zero-order valence-electron chi connectivity index (χ0n) is 18.7. The summed E-state index contributed by atoms with van der Waals surface area (Å²) in [5.41, 5.74) is 2.47. The highest BCUT2D eigenvalue weighted by atomic mass is 35.5. The van der Waals surface area contributed by atoms with Gasteiger partial charge in [0.15, 0.2) is 0 Å². The first-order chi connectivity index (χ1) is 15.6. The largest absolute Gasteiger partial charge is 0.367 e. The van der Waals surface area contributed by atoms with Crippen molar-refractivity contribution in [2.24, 2.45) is 0 Å². The first-order valence-corrected chi connectivity index (χ1v) is 11.4. The normalized spacial score (nSPS) is 13.8. The van der Waals surface area contributed by atoms with Crippen molar-refractivity contribution in [2.75, 3.05) is 24.7 Å². The minimum Gasteiger partial charge on any atom is -0.367 e. The molecule has 1 saturated carbocycles. The Morgan fingerprint density at radius 1 is 1.00 bits per heavy atom. The third-order valence-electron chi connectivity index (χ3n) is 5.20. The van der Waals surface area contributed by atoms with Crippen LogP contribution in [0.1, 0.15) is 37.7 Å². The molecular formula is C25H31ClFN5. The van der Waals surface area contributed by atoms with E-state index in [4.69, 9.17) is 11.6 Å². The highest BCUT2D eigenvalue weighted by Gasteiger charge is 2.15. The van der Waals surface area contributed by atoms with Gasteiger partial charge in [-0.25, -0.2) is 14.4 Å². The average Bonchev–Trinajstić information content (AvgIpc) is 2.80. The minimum absolute atomic E-state index is 0.243. The Morgan fingerprint density at radius 3 is 2.50 bits per heavy atom. The van der Waals surface area contributed by atoms with Crippen LogP contribution in [0.5, 0.6) is 0 Å². The van der Waals surface area contributed by atoms with Gasteiger partial charge in [0.2, 0.25) is 0 Å². The summed E-state index contributed by atoms with van der Waals surface area (Å²) in [5, 5.41) is 10.1. The lowest BCUT2D eigenvalue weighted by Gasteiger charge is -2.23. The first kappa shape index (κ1) is 24.0. The molecule has 0 radical (unpaired) electrons. The second kappa shape index (κ2) is 12.4. The number of nitrogens with one attached hydrogen (secondary N) is 3. The van der Waals surface area contributed by atoms with Crippen LogP contribution >= 0.6 is 11.6 Å². The lowest BCUT2D eigenvalue weighted by atomic mass is 9.95. The number of nitrogens with zero attached hydrogens (tertiary/aromatic N) is 2. The van der Waals surface area contributed by atoms with Crippen LogP contribution in [0.25, 0.3) is 11.3 Å². The fourth-order valence-corrected chi connectivity index (χ4v) is 3.89. The summed E-state index contributed by atoms with van der Waals surface area (Å²) in [6.07, 6.45) is 7.87. The molecule has 0 bridgehead atoms. The summed E-state index contributed by atoms with van der Waals surface area (Å²) in [6, 6.07) is 14.7. The zero-order valence-corrected chi connectivity index (χ0v) is 19.4. The van der Waals surface area contributed by atoms with Gasteiger partial charge in [-0.15, -0.1) is 0 Å². The maximum absolute atomic E-state index is 13.4. The Bertz CT molecular complexity index is 992. The maximum atomic E-state index is 13.4. The molecule has 32 heavy (non-hydrogen) atoms. The van der Waals surface area contributed by atoms with E-state index in [1.54, 1.807) is 12.3 Å². The molecule has 170 valence electrons. The van der Waals surface area contributed by atoms with Crippen molar-refractivity contribution in [1.29, 1.82) is 0 Å². The fraction of sp³-hybridized carbons (Fsp3) is 0.360. The van der Waals surface area contributed by atoms with Crippen LogP contribution in [0, 0.1) is 5.82 Å². The zero-order chi connectivity index (χ0) is 22.8. The molecule has 2 heterocycles. The van der Waals surface area contributed by atoms with E-state index in [-0.39, 0.29) is 5.82 Å². The van der Waals surface area contributed by atoms with E-state index in [1.807, 2.05) is 44.4 Å². The van der Waals surface area contributed by atoms with Gasteiger partial charge in [-0.05, 0) is 62.8 Å². The predicted molar refractivity (Wildman–Crippen MR) is 132 cm³/mol. The van der Waals surface area contributed by atoms with E-state index < -0.39 is 0 Å². The number of hydrogen-bond donors (Lipinski definition) is 3. The predicted octanol–water partition coefficient (Wildman–Crippen LogP) is 6.13. The highest BCUT2D eigenvalue weighted by molar-refractivity contribution is 6.33. The monoisotopic (exact) mass is 455 g/mol. The molecule has 3 N–H and O–H groups in total. The Balaban J connectivity index is 0.000000913. The van der Waals surface area contributed by atoms with Crippen molar-refractivity contribution in [3.8, 4) is 11.3 Å². The summed E-state index contributed by atoms with van der Waals surface area (Å²) >= 11 is 6.42. The molecule has 0 aliphatic heterocycles. The average molecular weight is 456 g/mol. The minimum atomic E-state index is -0.243. The van der Waals surface area contributed by atoms with Crippen molar-refractivity contribution >= 4 is 23.2 Å². The van der Waals surface area contributed by atoms with E-state index in [0.29, 0.717) is 23.4 Å². The molecule has 0 spiro atoms. The molecule has 0 saturated heterocycles. The summed E-state index contributed by atoms with van der Waals surface area (Å²) in [5.74, 6) is 1.30. The molecule has 4 rings (SSSR count). The number of rotatable bonds is 6. The second-order valence-electron chi connectivity index (χ2n) is 7.92. The van der Waals surface area contributed by atoms with Crippen LogP contribution in [0.2, 0.25) is 5.02 Å². The van der Waals surface area contributed by atoms with Gasteiger partial charge in [-0.1, -0.05) is 49.1 Å². The fourth-order valence-electron chi connectivity index (χ4n) is 3.69. The van der Waals surface area contributed by atoms with Crippen molar-refractivity contribution < 1.29 is 4.39 Å². The molecule has 5 nitrogen and oxygen atoms in total. The Kier molecular flexibility index (Phi) is 9.26. The first-order valence-electron chi connectivity index (χ1n) is 11.1. The van der Waals surface area contributed by atoms with Gasteiger partial charge in [-0.2, -0.15) is 0 Å². The van der Waals surface area contributed by atoms with Crippen molar-refractivity contribution in [2.45, 2.75) is 44.7 Å². The topological polar surface area (TPSA) is 61.9 Å². The van der Waals surface area contributed by atoms with E-state index in [9.17, 15) is 4.39 Å². The molecule has 7 heteroatoms. The number of hydrogen-bond acceptors (Lipinski definition) is 5. The third-order valence-corrected chi connectivity index (χ3v) is 5.50. The van der Waals surface area contributed by atoms with E-state index in [1.165, 1.54) is 44.2 Å². The number of pyridine rings is 2. The Hall–Kier alpha value is -2.70. The van der Waals surface area contributed by atoms with E-state index >= 15 is 0 Å². The lowest BCUT2D eigenvalue weighted by Crippen LogP contribution is -2.22. The molecule has 0 atom stereocenters. The quantitative estimate of drug-likeness (QED) is 0.417. The highest BCUT2D eigenvalue weighted by Crippen LogP contribution is 2.30. The summed E-state index contributed by atoms with van der Waals surface area (Å²) in [4.78, 5) is 9.13. The van der Waals surface area contributed by atoms with Gasteiger partial charge in [0.05, 0.1) is 10.7 Å². The molecule has 1 fully saturated rings. The molecular weight excluding hydrogens is 425 g/mol. The van der Waals surface area contributed by atoms with Crippen molar-refractivity contribution in [3.63, 3.8) is 0 Å². The van der Waals surface area contributed by atoms with Crippen LogP contribution in [-0.2, 0) is 6.54 Å². The van der Waals surface area contributed by atoms with Gasteiger partial charge in [0, 0.05) is 24.3 Å².